The molecular formula is C27H28ClFN2O4S. The molecule has 0 aliphatic carbocycles. The normalized spacial score (nSPS) is 16.5. The Balaban J connectivity index is 1.66. The number of carbonyl (C=O) groups excluding carboxylic acids is 1. The number of fused-ring (bicyclic) bond motifs is 1. The second kappa shape index (κ2) is 10.5. The molecule has 9 heteroatoms. The molecule has 0 radical (unpaired) electrons. The van der Waals surface area contributed by atoms with Crippen LogP contribution in [-0.4, -0.2) is 26.5 Å². The van der Waals surface area contributed by atoms with Gasteiger partial charge in [0.15, 0.2) is 0 Å². The summed E-state index contributed by atoms with van der Waals surface area (Å²) in [6.45, 7) is 3.58. The molecular weight excluding hydrogens is 503 g/mol. The number of benzene rings is 3. The van der Waals surface area contributed by atoms with Crippen LogP contribution in [0.25, 0.3) is 0 Å². The Morgan fingerprint density at radius 1 is 1.08 bits per heavy atom. The Bertz CT molecular complexity index is 1350. The van der Waals surface area contributed by atoms with Crippen molar-refractivity contribution >= 4 is 33.2 Å². The number of nitrogens with one attached hydrogen (secondary N) is 1. The van der Waals surface area contributed by atoms with Gasteiger partial charge in [-0.25, -0.2) is 12.8 Å². The van der Waals surface area contributed by atoms with Gasteiger partial charge in [0.2, 0.25) is 5.91 Å². The lowest BCUT2D eigenvalue weighted by molar-refractivity contribution is -0.121. The van der Waals surface area contributed by atoms with E-state index >= 15 is 0 Å². The molecule has 1 aliphatic heterocycles. The molecule has 0 saturated carbocycles. The molecule has 0 fully saturated rings. The number of nitrogens with zero attached hydrogens (tertiary/aromatic N) is 1. The quantitative estimate of drug-likeness (QED) is 0.395. The number of para-hydroxylation sites is 1. The van der Waals surface area contributed by atoms with Crippen LogP contribution in [0, 0.1) is 5.82 Å². The molecule has 1 aliphatic rings. The first-order chi connectivity index (χ1) is 17.2. The molecule has 4 rings (SSSR count). The largest absolute Gasteiger partial charge is 0.487 e. The standard InChI is InChI=1S/C27H28ClFN2O4S/c1-3-27(4-2)17-24(21-12-8-9-13-25(21)35-27)30-26(32)18-31(19-14-15-23(29)22(28)16-19)36(33,34)20-10-6-5-7-11-20/h5-16,24H,3-4,17-18H2,1-2H3,(H,30,32). The van der Waals surface area contributed by atoms with Crippen LogP contribution in [0.1, 0.15) is 44.7 Å². The summed E-state index contributed by atoms with van der Waals surface area (Å²) in [5.41, 5.74) is 0.488. The van der Waals surface area contributed by atoms with Gasteiger partial charge in [0.1, 0.15) is 23.7 Å². The molecule has 3 aromatic carbocycles. The Morgan fingerprint density at radius 2 is 1.75 bits per heavy atom. The molecule has 1 amide bonds. The third kappa shape index (κ3) is 5.20. The summed E-state index contributed by atoms with van der Waals surface area (Å²) in [7, 11) is -4.15. The van der Waals surface area contributed by atoms with Crippen LogP contribution in [0.3, 0.4) is 0 Å². The van der Waals surface area contributed by atoms with Crippen molar-refractivity contribution in [3.8, 4) is 5.75 Å². The van der Waals surface area contributed by atoms with E-state index in [2.05, 4.69) is 5.32 Å². The van der Waals surface area contributed by atoms with Gasteiger partial charge in [0.05, 0.1) is 21.6 Å². The number of anilines is 1. The zero-order valence-corrected chi connectivity index (χ0v) is 21.7. The average molecular weight is 531 g/mol. The molecule has 0 spiro atoms. The van der Waals surface area contributed by atoms with Crippen molar-refractivity contribution in [2.24, 2.45) is 0 Å². The summed E-state index contributed by atoms with van der Waals surface area (Å²) in [6.07, 6.45) is 2.07. The summed E-state index contributed by atoms with van der Waals surface area (Å²) >= 11 is 5.95. The number of hydrogen-bond donors (Lipinski definition) is 1. The van der Waals surface area contributed by atoms with Crippen LogP contribution in [0.15, 0.2) is 77.7 Å². The van der Waals surface area contributed by atoms with E-state index in [1.54, 1.807) is 18.2 Å². The summed E-state index contributed by atoms with van der Waals surface area (Å²) < 4.78 is 48.2. The highest BCUT2D eigenvalue weighted by atomic mass is 35.5. The van der Waals surface area contributed by atoms with E-state index in [1.807, 2.05) is 38.1 Å². The summed E-state index contributed by atoms with van der Waals surface area (Å²) in [4.78, 5) is 13.4. The van der Waals surface area contributed by atoms with Crippen LogP contribution in [0.2, 0.25) is 5.02 Å². The third-order valence-electron chi connectivity index (χ3n) is 6.63. The molecule has 0 saturated heterocycles. The van der Waals surface area contributed by atoms with Crippen LogP contribution < -0.4 is 14.4 Å². The van der Waals surface area contributed by atoms with Crippen molar-refractivity contribution in [3.05, 3.63) is 89.2 Å². The maximum absolute atomic E-state index is 13.8. The molecule has 0 bridgehead atoms. The SMILES string of the molecule is CCC1(CC)CC(NC(=O)CN(c2ccc(F)c(Cl)c2)S(=O)(=O)c2ccccc2)c2ccccc2O1. The first-order valence-corrected chi connectivity index (χ1v) is 13.6. The Morgan fingerprint density at radius 3 is 2.42 bits per heavy atom. The fraction of sp³-hybridized carbons (Fsp3) is 0.296. The number of ether oxygens (including phenoxy) is 1. The lowest BCUT2D eigenvalue weighted by Gasteiger charge is -2.41. The monoisotopic (exact) mass is 530 g/mol. The topological polar surface area (TPSA) is 75.7 Å². The van der Waals surface area contributed by atoms with Crippen molar-refractivity contribution < 1.29 is 22.3 Å². The third-order valence-corrected chi connectivity index (χ3v) is 8.71. The van der Waals surface area contributed by atoms with Gasteiger partial charge in [-0.2, -0.15) is 0 Å². The van der Waals surface area contributed by atoms with Crippen molar-refractivity contribution in [2.75, 3.05) is 10.8 Å². The Hall–Kier alpha value is -3.10. The van der Waals surface area contributed by atoms with E-state index in [0.29, 0.717) is 12.2 Å². The second-order valence-corrected chi connectivity index (χ2v) is 11.0. The van der Waals surface area contributed by atoms with Gasteiger partial charge in [0, 0.05) is 12.0 Å². The summed E-state index contributed by atoms with van der Waals surface area (Å²) in [5.74, 6) is -0.481. The molecule has 1 N–H and O–H groups in total. The second-order valence-electron chi connectivity index (χ2n) is 8.78. The summed E-state index contributed by atoms with van der Waals surface area (Å²) in [6, 6.07) is 18.5. The average Bonchev–Trinajstić information content (AvgIpc) is 2.89. The van der Waals surface area contributed by atoms with Gasteiger partial charge in [-0.15, -0.1) is 0 Å². The molecule has 0 aromatic heterocycles. The molecule has 36 heavy (non-hydrogen) atoms. The fourth-order valence-corrected chi connectivity index (χ4v) is 6.08. The first kappa shape index (κ1) is 26.0. The lowest BCUT2D eigenvalue weighted by Crippen LogP contribution is -2.47. The minimum atomic E-state index is -4.15. The maximum Gasteiger partial charge on any atom is 0.264 e. The smallest absolute Gasteiger partial charge is 0.264 e. The number of sulfonamides is 1. The number of carbonyl (C=O) groups is 1. The van der Waals surface area contributed by atoms with Crippen molar-refractivity contribution in [2.45, 2.75) is 49.6 Å². The van der Waals surface area contributed by atoms with E-state index in [4.69, 9.17) is 16.3 Å². The maximum atomic E-state index is 13.8. The van der Waals surface area contributed by atoms with E-state index in [-0.39, 0.29) is 21.6 Å². The predicted octanol–water partition coefficient (Wildman–Crippen LogP) is 5.87. The first-order valence-electron chi connectivity index (χ1n) is 11.8. The van der Waals surface area contributed by atoms with E-state index in [0.717, 1.165) is 28.8 Å². The zero-order valence-electron chi connectivity index (χ0n) is 20.1. The predicted molar refractivity (Wildman–Crippen MR) is 138 cm³/mol. The molecule has 1 heterocycles. The van der Waals surface area contributed by atoms with Crippen molar-refractivity contribution in [1.82, 2.24) is 5.32 Å². The van der Waals surface area contributed by atoms with Crippen molar-refractivity contribution in [3.63, 3.8) is 0 Å². The van der Waals surface area contributed by atoms with Gasteiger partial charge < -0.3 is 10.1 Å². The van der Waals surface area contributed by atoms with Crippen molar-refractivity contribution in [1.29, 1.82) is 0 Å². The van der Waals surface area contributed by atoms with Gasteiger partial charge in [0.25, 0.3) is 10.0 Å². The minimum absolute atomic E-state index is 0.00522. The van der Waals surface area contributed by atoms with E-state index in [9.17, 15) is 17.6 Å². The van der Waals surface area contributed by atoms with Crippen LogP contribution in [0.5, 0.6) is 5.75 Å². The van der Waals surface area contributed by atoms with E-state index < -0.39 is 33.9 Å². The summed E-state index contributed by atoms with van der Waals surface area (Å²) in [5, 5.41) is 2.78. The Kier molecular flexibility index (Phi) is 7.57. The number of hydrogen-bond acceptors (Lipinski definition) is 4. The van der Waals surface area contributed by atoms with E-state index in [1.165, 1.54) is 24.3 Å². The molecule has 6 nitrogen and oxygen atoms in total. The molecule has 1 unspecified atom stereocenters. The number of amides is 1. The van der Waals surface area contributed by atoms with Gasteiger partial charge in [-0.05, 0) is 49.2 Å². The highest BCUT2D eigenvalue weighted by Gasteiger charge is 2.39. The van der Waals surface area contributed by atoms with Crippen LogP contribution >= 0.6 is 11.6 Å². The lowest BCUT2D eigenvalue weighted by atomic mass is 9.83. The highest BCUT2D eigenvalue weighted by Crippen LogP contribution is 2.42. The Labute approximate surface area is 216 Å². The highest BCUT2D eigenvalue weighted by molar-refractivity contribution is 7.92. The van der Waals surface area contributed by atoms with Gasteiger partial charge in [-0.1, -0.05) is 61.8 Å². The molecule has 3 aromatic rings. The molecule has 190 valence electrons. The van der Waals surface area contributed by atoms with Crippen LogP contribution in [-0.2, 0) is 14.8 Å². The minimum Gasteiger partial charge on any atom is -0.487 e. The number of halogens is 2. The fourth-order valence-electron chi connectivity index (χ4n) is 4.48. The van der Waals surface area contributed by atoms with Gasteiger partial charge >= 0.3 is 0 Å². The number of rotatable bonds is 8. The van der Waals surface area contributed by atoms with Crippen LogP contribution in [0.4, 0.5) is 10.1 Å². The zero-order chi connectivity index (χ0) is 25.9. The molecule has 1 atom stereocenters. The van der Waals surface area contributed by atoms with Gasteiger partial charge in [-0.3, -0.25) is 9.10 Å².